The highest BCUT2D eigenvalue weighted by atomic mass is 16.5. The Kier molecular flexibility index (Phi) is 17.2. The number of benzene rings is 5. The molecule has 0 aliphatic carbocycles. The Morgan fingerprint density at radius 3 is 2.09 bits per heavy atom. The van der Waals surface area contributed by atoms with E-state index in [9.17, 15) is 4.79 Å². The smallest absolute Gasteiger partial charge is 0.246 e. The van der Waals surface area contributed by atoms with Crippen molar-refractivity contribution in [2.45, 2.75) is 101 Å². The van der Waals surface area contributed by atoms with Gasteiger partial charge in [0.1, 0.15) is 42.3 Å². The standard InChI is InChI=1S/C62H69N7O9/c1-76-56-18-10-17-49-57(56)47(36-64-49)33-51-55(70)35-46(31-42-25-27-63-28-26-42)58(71)67-52(32-41-19-22-48(23-20-41)78-38-43-13-6-3-7-14-43)61(74)69-37-45-16-9-8-15-44(45)34-53(69)62(75)68-29-30-77-39-54(68)60(73)65-50(59(72)66-51)24-21-40-11-4-2-5-12-40/h2-20,22-23,36,42,46,50-54,63-64H,21,24-35,37-39H2,1H3,(H,65,73)(H,66,72)(H,67,71)/t46-,50-,51-,52+,53+,54+/m1/s1. The van der Waals surface area contributed by atoms with Gasteiger partial charge in [-0.1, -0.05) is 103 Å². The molecular weight excluding hydrogens is 987 g/mol. The lowest BCUT2D eigenvalue weighted by molar-refractivity contribution is -0.157. The minimum absolute atomic E-state index is 0.0364. The normalized spacial score (nSPS) is 23.0. The number of piperidine rings is 1. The number of methoxy groups -OCH3 is 1. The number of carbonyl (C=O) groups is 6. The summed E-state index contributed by atoms with van der Waals surface area (Å²) in [4.78, 5) is 98.1. The number of aryl methyl sites for hydroxylation is 1. The molecule has 4 aliphatic heterocycles. The molecule has 3 saturated heterocycles. The van der Waals surface area contributed by atoms with Crippen molar-refractivity contribution in [1.29, 1.82) is 0 Å². The predicted octanol–water partition coefficient (Wildman–Crippen LogP) is 5.79. The number of aromatic amines is 1. The zero-order valence-corrected chi connectivity index (χ0v) is 44.1. The van der Waals surface area contributed by atoms with Gasteiger partial charge >= 0.3 is 0 Å². The third-order valence-corrected chi connectivity index (χ3v) is 15.9. The van der Waals surface area contributed by atoms with Crippen LogP contribution >= 0.6 is 0 Å². The predicted molar refractivity (Wildman–Crippen MR) is 294 cm³/mol. The number of rotatable bonds is 13. The second kappa shape index (κ2) is 25.1. The Bertz CT molecular complexity index is 3070. The van der Waals surface area contributed by atoms with Gasteiger partial charge in [0.15, 0.2) is 5.78 Å². The fourth-order valence-electron chi connectivity index (χ4n) is 11.6. The Labute approximate surface area is 455 Å². The van der Waals surface area contributed by atoms with Crippen LogP contribution in [0.1, 0.15) is 65.5 Å². The number of aromatic nitrogens is 1. The Balaban J connectivity index is 1.04. The summed E-state index contributed by atoms with van der Waals surface area (Å²) in [5, 5.41) is 13.4. The van der Waals surface area contributed by atoms with E-state index in [1.807, 2.05) is 127 Å². The fourth-order valence-corrected chi connectivity index (χ4v) is 11.6. The first-order valence-corrected chi connectivity index (χ1v) is 27.4. The van der Waals surface area contributed by atoms with Gasteiger partial charge in [-0.3, -0.25) is 28.8 Å². The van der Waals surface area contributed by atoms with Crippen LogP contribution in [0.5, 0.6) is 11.5 Å². The zero-order chi connectivity index (χ0) is 54.0. The maximum Gasteiger partial charge on any atom is 0.246 e. The molecule has 5 aromatic carbocycles. The van der Waals surface area contributed by atoms with E-state index >= 15 is 24.0 Å². The van der Waals surface area contributed by atoms with Crippen LogP contribution in [0, 0.1) is 11.8 Å². The molecule has 16 nitrogen and oxygen atoms in total. The molecule has 10 rings (SSSR count). The van der Waals surface area contributed by atoms with Crippen LogP contribution in [0.3, 0.4) is 0 Å². The summed E-state index contributed by atoms with van der Waals surface area (Å²) in [7, 11) is 1.57. The molecule has 5 amide bonds. The van der Waals surface area contributed by atoms with E-state index in [2.05, 4.69) is 26.3 Å². The zero-order valence-electron chi connectivity index (χ0n) is 44.1. The molecule has 0 bridgehead atoms. The lowest BCUT2D eigenvalue weighted by Gasteiger charge is -2.43. The molecule has 6 atom stereocenters. The number of amides is 5. The topological polar surface area (TPSA) is 200 Å². The van der Waals surface area contributed by atoms with Crippen molar-refractivity contribution in [3.63, 3.8) is 0 Å². The molecular formula is C62H69N7O9. The molecule has 4 aliphatic rings. The molecule has 78 heavy (non-hydrogen) atoms. The number of morpholine rings is 1. The average molecular weight is 1060 g/mol. The highest BCUT2D eigenvalue weighted by molar-refractivity contribution is 5.99. The minimum atomic E-state index is -1.18. The first-order chi connectivity index (χ1) is 38.1. The number of hydrogen-bond acceptors (Lipinski definition) is 10. The molecule has 6 aromatic rings. The van der Waals surface area contributed by atoms with E-state index < -0.39 is 65.7 Å². The van der Waals surface area contributed by atoms with Gasteiger partial charge in [0.05, 0.1) is 26.4 Å². The lowest BCUT2D eigenvalue weighted by Crippen LogP contribution is -2.64. The summed E-state index contributed by atoms with van der Waals surface area (Å²) in [6.45, 7) is 2.01. The van der Waals surface area contributed by atoms with Gasteiger partial charge in [-0.2, -0.15) is 0 Å². The van der Waals surface area contributed by atoms with Crippen LogP contribution in [0.25, 0.3) is 10.9 Å². The van der Waals surface area contributed by atoms with Crippen LogP contribution in [-0.4, -0.2) is 120 Å². The maximum atomic E-state index is 15.7. The number of fused-ring (bicyclic) bond motifs is 4. The van der Waals surface area contributed by atoms with Gasteiger partial charge in [0, 0.05) is 61.8 Å². The second-order valence-electron chi connectivity index (χ2n) is 21.1. The number of carbonyl (C=O) groups excluding carboxylic acids is 6. The van der Waals surface area contributed by atoms with Crippen LogP contribution in [-0.2, 0) is 72.3 Å². The number of ether oxygens (including phenoxy) is 3. The second-order valence-corrected chi connectivity index (χ2v) is 21.1. The van der Waals surface area contributed by atoms with Crippen molar-refractivity contribution in [2.24, 2.45) is 11.8 Å². The van der Waals surface area contributed by atoms with Gasteiger partial charge in [-0.25, -0.2) is 0 Å². The van der Waals surface area contributed by atoms with Crippen LogP contribution in [0.2, 0.25) is 0 Å². The van der Waals surface area contributed by atoms with E-state index in [1.54, 1.807) is 18.2 Å². The van der Waals surface area contributed by atoms with Crippen LogP contribution in [0.15, 0.2) is 134 Å². The quantitative estimate of drug-likeness (QED) is 0.0944. The number of ketones is 1. The highest BCUT2D eigenvalue weighted by Crippen LogP contribution is 2.32. The van der Waals surface area contributed by atoms with Gasteiger partial charge < -0.3 is 50.3 Å². The molecule has 0 unspecified atom stereocenters. The fraction of sp³-hybridized carbons (Fsp3) is 0.387. The number of H-pyrrole nitrogens is 1. The molecule has 1 aromatic heterocycles. The van der Waals surface area contributed by atoms with Crippen molar-refractivity contribution in [3.05, 3.63) is 167 Å². The van der Waals surface area contributed by atoms with Crippen molar-refractivity contribution in [3.8, 4) is 11.5 Å². The first-order valence-electron chi connectivity index (χ1n) is 27.4. The van der Waals surface area contributed by atoms with Crippen molar-refractivity contribution >= 4 is 46.2 Å². The van der Waals surface area contributed by atoms with Crippen molar-refractivity contribution in [1.82, 2.24) is 36.1 Å². The van der Waals surface area contributed by atoms with Crippen molar-refractivity contribution in [2.75, 3.05) is 40.0 Å². The molecule has 406 valence electrons. The van der Waals surface area contributed by atoms with Crippen LogP contribution in [0.4, 0.5) is 0 Å². The largest absolute Gasteiger partial charge is 0.496 e. The summed E-state index contributed by atoms with van der Waals surface area (Å²) in [5.41, 5.74) is 5.92. The number of nitrogens with zero attached hydrogens (tertiary/aromatic N) is 2. The number of hydrogen-bond donors (Lipinski definition) is 5. The molecule has 3 fully saturated rings. The van der Waals surface area contributed by atoms with E-state index in [-0.39, 0.29) is 70.1 Å². The molecule has 16 heteroatoms. The molecule has 0 saturated carbocycles. The Morgan fingerprint density at radius 2 is 1.33 bits per heavy atom. The third kappa shape index (κ3) is 12.8. The maximum absolute atomic E-state index is 15.7. The van der Waals surface area contributed by atoms with E-state index in [4.69, 9.17) is 14.2 Å². The van der Waals surface area contributed by atoms with E-state index in [0.29, 0.717) is 36.5 Å². The van der Waals surface area contributed by atoms with Crippen LogP contribution < -0.4 is 30.7 Å². The summed E-state index contributed by atoms with van der Waals surface area (Å²) in [6, 6.07) is 34.4. The SMILES string of the molecule is COc1cccc2[nH]cc(C[C@H]3NC(=O)[C@@H](CCc4ccccc4)NC(=O)[C@@H]4COCCN4C(=O)[C@@H]4Cc5ccccc5CN4C(=O)[C@H](Cc4ccc(OCc5ccccc5)cc4)NC(=O)[C@H](CC4CCNCC4)CC3=O)c12. The summed E-state index contributed by atoms with van der Waals surface area (Å²) in [5.74, 6) is -2.55. The molecule has 0 spiro atoms. The Morgan fingerprint density at radius 1 is 0.628 bits per heavy atom. The minimum Gasteiger partial charge on any atom is -0.496 e. The molecule has 5 N–H and O–H groups in total. The van der Waals surface area contributed by atoms with Gasteiger partial charge in [-0.05, 0) is 109 Å². The number of nitrogens with one attached hydrogen (secondary N) is 5. The molecule has 0 radical (unpaired) electrons. The van der Waals surface area contributed by atoms with Gasteiger partial charge in [-0.15, -0.1) is 0 Å². The van der Waals surface area contributed by atoms with E-state index in [1.165, 1.54) is 4.90 Å². The lowest BCUT2D eigenvalue weighted by atomic mass is 9.83. The monoisotopic (exact) mass is 1060 g/mol. The summed E-state index contributed by atoms with van der Waals surface area (Å²) < 4.78 is 17.8. The van der Waals surface area contributed by atoms with Gasteiger partial charge in [0.25, 0.3) is 0 Å². The van der Waals surface area contributed by atoms with E-state index in [0.717, 1.165) is 64.7 Å². The summed E-state index contributed by atoms with van der Waals surface area (Å²) >= 11 is 0. The summed E-state index contributed by atoms with van der Waals surface area (Å²) in [6.07, 6.45) is 4.32. The average Bonchev–Trinajstić information content (AvgIpc) is 4.01. The molecule has 5 heterocycles. The van der Waals surface area contributed by atoms with Gasteiger partial charge in [0.2, 0.25) is 29.5 Å². The third-order valence-electron chi connectivity index (χ3n) is 15.9. The first kappa shape index (κ1) is 53.6. The highest BCUT2D eigenvalue weighted by Gasteiger charge is 2.45. The van der Waals surface area contributed by atoms with Crippen molar-refractivity contribution < 1.29 is 43.0 Å². The number of Topliss-reactive ketones (excluding diaryl/α,β-unsaturated/α-hetero) is 1. The Hall–Kier alpha value is -7.82.